The van der Waals surface area contributed by atoms with Crippen LogP contribution in [-0.2, 0) is 4.74 Å². The van der Waals surface area contributed by atoms with Crippen molar-refractivity contribution in [2.45, 2.75) is 6.92 Å². The van der Waals surface area contributed by atoms with Crippen LogP contribution in [-0.4, -0.2) is 22.7 Å². The quantitative estimate of drug-likeness (QED) is 0.714. The highest BCUT2D eigenvalue weighted by Crippen LogP contribution is 1.94. The number of ether oxygens (including phenoxy) is 1. The van der Waals surface area contributed by atoms with Gasteiger partial charge in [0.1, 0.15) is 0 Å². The number of carbonyl (C=O) groups excluding carboxylic acids is 1. The van der Waals surface area contributed by atoms with E-state index in [1.165, 1.54) is 12.4 Å². The molecule has 12 heavy (non-hydrogen) atoms. The van der Waals surface area contributed by atoms with Crippen molar-refractivity contribution in [1.82, 2.24) is 9.97 Å². The first-order valence-electron chi connectivity index (χ1n) is 3.53. The standard InChI is InChI=1S/C7H9N3O2/c1-2-12-7(11)10-6-8-4-3-5-9-6/h3-5H,2H2,1H3,(H,8,9,10,11). The minimum Gasteiger partial charge on any atom is -0.450 e. The molecule has 0 atom stereocenters. The Bertz CT molecular complexity index is 250. The zero-order valence-corrected chi connectivity index (χ0v) is 6.65. The molecule has 0 spiro atoms. The minimum atomic E-state index is -0.538. The number of hydrogen-bond acceptors (Lipinski definition) is 4. The summed E-state index contributed by atoms with van der Waals surface area (Å²) in [5.74, 6) is 0.246. The molecule has 64 valence electrons. The molecule has 0 aliphatic rings. The van der Waals surface area contributed by atoms with Crippen molar-refractivity contribution < 1.29 is 9.53 Å². The van der Waals surface area contributed by atoms with Gasteiger partial charge in [-0.05, 0) is 13.0 Å². The Morgan fingerprint density at radius 1 is 1.58 bits per heavy atom. The van der Waals surface area contributed by atoms with Gasteiger partial charge in [-0.1, -0.05) is 0 Å². The first-order valence-corrected chi connectivity index (χ1v) is 3.53. The number of amides is 1. The van der Waals surface area contributed by atoms with Crippen molar-refractivity contribution in [3.8, 4) is 0 Å². The molecule has 5 nitrogen and oxygen atoms in total. The molecule has 0 saturated carbocycles. The lowest BCUT2D eigenvalue weighted by molar-refractivity contribution is 0.167. The summed E-state index contributed by atoms with van der Waals surface area (Å²) in [7, 11) is 0. The van der Waals surface area contributed by atoms with E-state index in [0.29, 0.717) is 6.61 Å². The molecule has 1 aromatic rings. The number of hydrogen-bond donors (Lipinski definition) is 1. The molecule has 0 fully saturated rings. The van der Waals surface area contributed by atoms with E-state index >= 15 is 0 Å². The van der Waals surface area contributed by atoms with Gasteiger partial charge in [0.25, 0.3) is 0 Å². The molecule has 0 aliphatic carbocycles. The number of nitrogens with zero attached hydrogens (tertiary/aromatic N) is 2. The summed E-state index contributed by atoms with van der Waals surface area (Å²) in [5.41, 5.74) is 0. The third-order valence-electron chi connectivity index (χ3n) is 1.06. The molecule has 1 N–H and O–H groups in total. The highest BCUT2D eigenvalue weighted by Gasteiger charge is 2.01. The highest BCUT2D eigenvalue weighted by atomic mass is 16.5. The molecule has 0 unspecified atom stereocenters. The third kappa shape index (κ3) is 2.53. The molecule has 0 saturated heterocycles. The van der Waals surface area contributed by atoms with Crippen LogP contribution >= 0.6 is 0 Å². The van der Waals surface area contributed by atoms with Gasteiger partial charge in [0, 0.05) is 12.4 Å². The van der Waals surface area contributed by atoms with E-state index in [2.05, 4.69) is 20.0 Å². The van der Waals surface area contributed by atoms with Crippen LogP contribution in [0.15, 0.2) is 18.5 Å². The molecule has 1 amide bonds. The maximum absolute atomic E-state index is 10.8. The topological polar surface area (TPSA) is 64.1 Å². The molecule has 0 aromatic carbocycles. The number of aromatic nitrogens is 2. The molecule has 5 heteroatoms. The lowest BCUT2D eigenvalue weighted by atomic mass is 10.7. The van der Waals surface area contributed by atoms with Crippen LogP contribution in [0.1, 0.15) is 6.92 Å². The van der Waals surface area contributed by atoms with Gasteiger partial charge in [0.2, 0.25) is 5.95 Å². The summed E-state index contributed by atoms with van der Waals surface area (Å²) in [6, 6.07) is 1.66. The van der Waals surface area contributed by atoms with Gasteiger partial charge in [-0.2, -0.15) is 0 Å². The fourth-order valence-corrected chi connectivity index (χ4v) is 0.622. The average molecular weight is 167 g/mol. The lowest BCUT2D eigenvalue weighted by Gasteiger charge is -2.01. The van der Waals surface area contributed by atoms with Gasteiger partial charge in [-0.15, -0.1) is 0 Å². The van der Waals surface area contributed by atoms with Crippen LogP contribution in [0.3, 0.4) is 0 Å². The van der Waals surface area contributed by atoms with Crippen LogP contribution in [0.25, 0.3) is 0 Å². The molecule has 1 heterocycles. The average Bonchev–Trinajstić information content (AvgIpc) is 2.06. The maximum atomic E-state index is 10.8. The minimum absolute atomic E-state index is 0.246. The third-order valence-corrected chi connectivity index (χ3v) is 1.06. The van der Waals surface area contributed by atoms with Gasteiger partial charge in [0.15, 0.2) is 0 Å². The Kier molecular flexibility index (Phi) is 3.01. The van der Waals surface area contributed by atoms with E-state index in [9.17, 15) is 4.79 Å². The number of rotatable bonds is 2. The fourth-order valence-electron chi connectivity index (χ4n) is 0.622. The van der Waals surface area contributed by atoms with Crippen LogP contribution in [0.4, 0.5) is 10.7 Å². The van der Waals surface area contributed by atoms with Crippen LogP contribution in [0.5, 0.6) is 0 Å². The van der Waals surface area contributed by atoms with Gasteiger partial charge in [-0.25, -0.2) is 14.8 Å². The van der Waals surface area contributed by atoms with Crippen molar-refractivity contribution in [2.75, 3.05) is 11.9 Å². The molecule has 0 aliphatic heterocycles. The van der Waals surface area contributed by atoms with E-state index < -0.39 is 6.09 Å². The summed E-state index contributed by atoms with van der Waals surface area (Å²) < 4.78 is 4.62. The highest BCUT2D eigenvalue weighted by molar-refractivity contribution is 5.81. The van der Waals surface area contributed by atoms with Crippen molar-refractivity contribution in [1.29, 1.82) is 0 Å². The maximum Gasteiger partial charge on any atom is 0.414 e. The van der Waals surface area contributed by atoms with E-state index in [1.807, 2.05) is 0 Å². The summed E-state index contributed by atoms with van der Waals surface area (Å²) in [5, 5.41) is 2.36. The monoisotopic (exact) mass is 167 g/mol. The Morgan fingerprint density at radius 2 is 2.25 bits per heavy atom. The molecule has 0 bridgehead atoms. The second kappa shape index (κ2) is 4.27. The molecule has 0 radical (unpaired) electrons. The second-order valence-electron chi connectivity index (χ2n) is 1.92. The molecular formula is C7H9N3O2. The Hall–Kier alpha value is -1.65. The van der Waals surface area contributed by atoms with E-state index in [4.69, 9.17) is 0 Å². The summed E-state index contributed by atoms with van der Waals surface area (Å²) in [4.78, 5) is 18.4. The summed E-state index contributed by atoms with van der Waals surface area (Å²) in [6.45, 7) is 2.06. The molecular weight excluding hydrogens is 158 g/mol. The Morgan fingerprint density at radius 3 is 2.83 bits per heavy atom. The van der Waals surface area contributed by atoms with Gasteiger partial charge in [0.05, 0.1) is 6.61 Å². The van der Waals surface area contributed by atoms with E-state index in [0.717, 1.165) is 0 Å². The van der Waals surface area contributed by atoms with Crippen LogP contribution < -0.4 is 5.32 Å². The number of nitrogens with one attached hydrogen (secondary N) is 1. The zero-order chi connectivity index (χ0) is 8.81. The van der Waals surface area contributed by atoms with Gasteiger partial charge < -0.3 is 4.74 Å². The first kappa shape index (κ1) is 8.45. The van der Waals surface area contributed by atoms with Crippen molar-refractivity contribution >= 4 is 12.0 Å². The Labute approximate surface area is 69.8 Å². The summed E-state index contributed by atoms with van der Waals surface area (Å²) in [6.07, 6.45) is 2.53. The van der Waals surface area contributed by atoms with Gasteiger partial charge in [-0.3, -0.25) is 5.32 Å². The lowest BCUT2D eigenvalue weighted by Crippen LogP contribution is -2.14. The van der Waals surface area contributed by atoms with Crippen molar-refractivity contribution in [2.24, 2.45) is 0 Å². The first-order chi connectivity index (χ1) is 5.83. The normalized spacial score (nSPS) is 9.08. The number of anilines is 1. The fraction of sp³-hybridized carbons (Fsp3) is 0.286. The predicted octanol–water partition coefficient (Wildman–Crippen LogP) is 1.04. The van der Waals surface area contributed by atoms with E-state index in [1.54, 1.807) is 13.0 Å². The van der Waals surface area contributed by atoms with Gasteiger partial charge >= 0.3 is 6.09 Å². The smallest absolute Gasteiger partial charge is 0.414 e. The zero-order valence-electron chi connectivity index (χ0n) is 6.65. The van der Waals surface area contributed by atoms with Crippen LogP contribution in [0, 0.1) is 0 Å². The van der Waals surface area contributed by atoms with Crippen LogP contribution in [0.2, 0.25) is 0 Å². The van der Waals surface area contributed by atoms with Crippen molar-refractivity contribution in [3.63, 3.8) is 0 Å². The van der Waals surface area contributed by atoms with Crippen molar-refractivity contribution in [3.05, 3.63) is 18.5 Å². The number of carbonyl (C=O) groups is 1. The largest absolute Gasteiger partial charge is 0.450 e. The molecule has 1 rings (SSSR count). The summed E-state index contributed by atoms with van der Waals surface area (Å²) >= 11 is 0. The Balaban J connectivity index is 2.47. The second-order valence-corrected chi connectivity index (χ2v) is 1.92. The molecule has 1 aromatic heterocycles. The SMILES string of the molecule is CCOC(=O)Nc1ncccn1. The predicted molar refractivity (Wildman–Crippen MR) is 42.7 cm³/mol. The van der Waals surface area contributed by atoms with E-state index in [-0.39, 0.29) is 5.95 Å².